The van der Waals surface area contributed by atoms with Crippen molar-refractivity contribution in [3.63, 3.8) is 0 Å². The summed E-state index contributed by atoms with van der Waals surface area (Å²) in [5.41, 5.74) is 6.44. The Labute approximate surface area is 177 Å². The van der Waals surface area contributed by atoms with Crippen LogP contribution in [0.2, 0.25) is 0 Å². The fraction of sp³-hybridized carbons (Fsp3) is 0.192. The van der Waals surface area contributed by atoms with Crippen LogP contribution in [0.3, 0.4) is 0 Å². The molecule has 3 heteroatoms. The summed E-state index contributed by atoms with van der Waals surface area (Å²) in [6.07, 6.45) is 0.905. The van der Waals surface area contributed by atoms with Crippen molar-refractivity contribution in [2.45, 2.75) is 33.0 Å². The average Bonchev–Trinajstić information content (AvgIpc) is 3.18. The van der Waals surface area contributed by atoms with E-state index in [-0.39, 0.29) is 0 Å². The van der Waals surface area contributed by atoms with Crippen LogP contribution in [0.15, 0.2) is 90.3 Å². The normalized spacial score (nSPS) is 11.1. The van der Waals surface area contributed by atoms with Gasteiger partial charge in [-0.3, -0.25) is 4.90 Å². The van der Waals surface area contributed by atoms with E-state index in [4.69, 9.17) is 4.98 Å². The lowest BCUT2D eigenvalue weighted by atomic mass is 10.1. The molecule has 0 saturated heterocycles. The molecule has 0 aliphatic heterocycles. The van der Waals surface area contributed by atoms with E-state index in [2.05, 4.69) is 102 Å². The first-order valence-corrected chi connectivity index (χ1v) is 10.9. The van der Waals surface area contributed by atoms with Crippen molar-refractivity contribution in [1.82, 2.24) is 9.88 Å². The number of rotatable bonds is 8. The number of hydrogen-bond donors (Lipinski definition) is 0. The van der Waals surface area contributed by atoms with Gasteiger partial charge in [-0.1, -0.05) is 90.5 Å². The van der Waals surface area contributed by atoms with Crippen LogP contribution in [-0.4, -0.2) is 9.88 Å². The second kappa shape index (κ2) is 9.64. The van der Waals surface area contributed by atoms with E-state index in [1.165, 1.54) is 27.3 Å². The lowest BCUT2D eigenvalue weighted by Crippen LogP contribution is -2.22. The molecule has 2 nitrogen and oxygen atoms in total. The van der Waals surface area contributed by atoms with Gasteiger partial charge in [0.05, 0.1) is 10.7 Å². The molecule has 0 unspecified atom stereocenters. The van der Waals surface area contributed by atoms with Gasteiger partial charge < -0.3 is 0 Å². The molecule has 0 aliphatic carbocycles. The Kier molecular flexibility index (Phi) is 6.50. The second-order valence-electron chi connectivity index (χ2n) is 7.51. The summed E-state index contributed by atoms with van der Waals surface area (Å²) >= 11 is 1.77. The van der Waals surface area contributed by atoms with Gasteiger partial charge in [0.25, 0.3) is 0 Å². The summed E-state index contributed by atoms with van der Waals surface area (Å²) in [5.74, 6) is 0. The molecule has 146 valence electrons. The number of nitrogens with zero attached hydrogens (tertiary/aromatic N) is 2. The first kappa shape index (κ1) is 19.6. The highest BCUT2D eigenvalue weighted by Crippen LogP contribution is 2.19. The fourth-order valence-electron chi connectivity index (χ4n) is 3.46. The first-order chi connectivity index (χ1) is 14.2. The van der Waals surface area contributed by atoms with Crippen molar-refractivity contribution in [1.29, 1.82) is 0 Å². The molecule has 1 heterocycles. The van der Waals surface area contributed by atoms with Crippen molar-refractivity contribution >= 4 is 11.3 Å². The Morgan fingerprint density at radius 1 is 0.690 bits per heavy atom. The predicted molar refractivity (Wildman–Crippen MR) is 122 cm³/mol. The van der Waals surface area contributed by atoms with Gasteiger partial charge in [-0.25, -0.2) is 4.98 Å². The molecule has 1 aromatic heterocycles. The molecule has 0 radical (unpaired) electrons. The highest BCUT2D eigenvalue weighted by atomic mass is 32.1. The molecule has 4 rings (SSSR count). The van der Waals surface area contributed by atoms with E-state index in [1.807, 2.05) is 0 Å². The summed E-state index contributed by atoms with van der Waals surface area (Å²) in [6.45, 7) is 4.81. The molecule has 0 spiro atoms. The molecule has 0 N–H and O–H groups in total. The summed E-state index contributed by atoms with van der Waals surface area (Å²) in [7, 11) is 0. The van der Waals surface area contributed by atoms with Crippen molar-refractivity contribution < 1.29 is 0 Å². The molecule has 4 aromatic rings. The van der Waals surface area contributed by atoms with Gasteiger partial charge in [-0.15, -0.1) is 11.3 Å². The Bertz CT molecular complexity index is 966. The molecular weight excluding hydrogens is 372 g/mol. The zero-order valence-corrected chi connectivity index (χ0v) is 17.6. The zero-order chi connectivity index (χ0) is 19.9. The predicted octanol–water partition coefficient (Wildman–Crippen LogP) is 6.24. The first-order valence-electron chi connectivity index (χ1n) is 10.0. The van der Waals surface area contributed by atoms with Crippen LogP contribution in [0, 0.1) is 6.92 Å². The topological polar surface area (TPSA) is 16.1 Å². The van der Waals surface area contributed by atoms with Crippen LogP contribution < -0.4 is 0 Å². The molecule has 0 bridgehead atoms. The van der Waals surface area contributed by atoms with E-state index in [0.717, 1.165) is 31.7 Å². The monoisotopic (exact) mass is 398 g/mol. The Balaban J connectivity index is 1.46. The zero-order valence-electron chi connectivity index (χ0n) is 16.8. The molecule has 3 aromatic carbocycles. The fourth-order valence-corrected chi connectivity index (χ4v) is 4.28. The highest BCUT2D eigenvalue weighted by molar-refractivity contribution is 7.09. The second-order valence-corrected chi connectivity index (χ2v) is 8.45. The number of hydrogen-bond acceptors (Lipinski definition) is 3. The highest BCUT2D eigenvalue weighted by Gasteiger charge is 2.11. The number of aryl methyl sites for hydroxylation is 1. The quantitative estimate of drug-likeness (QED) is 0.349. The lowest BCUT2D eigenvalue weighted by Gasteiger charge is -2.21. The lowest BCUT2D eigenvalue weighted by molar-refractivity contribution is 0.245. The maximum absolute atomic E-state index is 4.93. The van der Waals surface area contributed by atoms with Gasteiger partial charge in [0.2, 0.25) is 0 Å². The van der Waals surface area contributed by atoms with Gasteiger partial charge in [0.1, 0.15) is 0 Å². The van der Waals surface area contributed by atoms with E-state index >= 15 is 0 Å². The molecule has 29 heavy (non-hydrogen) atoms. The van der Waals surface area contributed by atoms with Gasteiger partial charge in [0, 0.05) is 31.4 Å². The summed E-state index contributed by atoms with van der Waals surface area (Å²) in [6, 6.07) is 30.1. The third-order valence-electron chi connectivity index (χ3n) is 4.96. The van der Waals surface area contributed by atoms with Crippen LogP contribution in [0.1, 0.15) is 33.0 Å². The third kappa shape index (κ3) is 5.86. The molecule has 0 saturated carbocycles. The Morgan fingerprint density at radius 3 is 1.86 bits per heavy atom. The van der Waals surface area contributed by atoms with E-state index in [9.17, 15) is 0 Å². The SMILES string of the molecule is Cc1ccc(Cc2nc(CN(Cc3ccccc3)Cc3ccccc3)cs2)cc1. The van der Waals surface area contributed by atoms with Gasteiger partial charge in [-0.05, 0) is 23.6 Å². The largest absolute Gasteiger partial charge is 0.289 e. The van der Waals surface area contributed by atoms with Crippen LogP contribution in [0.25, 0.3) is 0 Å². The molecule has 0 amide bonds. The number of thiazole rings is 1. The maximum Gasteiger partial charge on any atom is 0.0972 e. The molecular formula is C26H26N2S. The summed E-state index contributed by atoms with van der Waals surface area (Å²) < 4.78 is 0. The number of benzene rings is 3. The minimum atomic E-state index is 0.855. The van der Waals surface area contributed by atoms with Crippen molar-refractivity contribution in [2.75, 3.05) is 0 Å². The minimum absolute atomic E-state index is 0.855. The molecule has 0 fully saturated rings. The average molecular weight is 399 g/mol. The third-order valence-corrected chi connectivity index (χ3v) is 5.86. The van der Waals surface area contributed by atoms with Crippen molar-refractivity contribution in [2.24, 2.45) is 0 Å². The van der Waals surface area contributed by atoms with Crippen molar-refractivity contribution in [3.8, 4) is 0 Å². The van der Waals surface area contributed by atoms with Gasteiger partial charge >= 0.3 is 0 Å². The van der Waals surface area contributed by atoms with E-state index < -0.39 is 0 Å². The summed E-state index contributed by atoms with van der Waals surface area (Å²) in [4.78, 5) is 7.40. The molecule has 0 aliphatic rings. The van der Waals surface area contributed by atoms with Crippen molar-refractivity contribution in [3.05, 3.63) is 123 Å². The minimum Gasteiger partial charge on any atom is -0.289 e. The maximum atomic E-state index is 4.93. The van der Waals surface area contributed by atoms with Crippen LogP contribution in [-0.2, 0) is 26.1 Å². The molecule has 0 atom stereocenters. The Hall–Kier alpha value is -2.75. The van der Waals surface area contributed by atoms with E-state index in [0.29, 0.717) is 0 Å². The van der Waals surface area contributed by atoms with Crippen LogP contribution >= 0.6 is 11.3 Å². The Morgan fingerprint density at radius 2 is 1.28 bits per heavy atom. The van der Waals surface area contributed by atoms with Crippen LogP contribution in [0.4, 0.5) is 0 Å². The van der Waals surface area contributed by atoms with Gasteiger partial charge in [0.15, 0.2) is 0 Å². The van der Waals surface area contributed by atoms with E-state index in [1.54, 1.807) is 11.3 Å². The summed E-state index contributed by atoms with van der Waals surface area (Å²) in [5, 5.41) is 3.40. The van der Waals surface area contributed by atoms with Crippen LogP contribution in [0.5, 0.6) is 0 Å². The number of aromatic nitrogens is 1. The standard InChI is InChI=1S/C26H26N2S/c1-21-12-14-22(15-13-21)16-26-27-25(20-29-26)19-28(17-23-8-4-2-5-9-23)18-24-10-6-3-7-11-24/h2-15,20H,16-19H2,1H3. The van der Waals surface area contributed by atoms with Gasteiger partial charge in [-0.2, -0.15) is 0 Å². The smallest absolute Gasteiger partial charge is 0.0972 e.